The van der Waals surface area contributed by atoms with Crippen molar-refractivity contribution < 1.29 is 17.6 Å². The van der Waals surface area contributed by atoms with Crippen LogP contribution in [-0.2, 0) is 20.6 Å². The Bertz CT molecular complexity index is 911. The molecule has 0 spiro atoms. The van der Waals surface area contributed by atoms with Crippen molar-refractivity contribution in [3.63, 3.8) is 0 Å². The largest absolute Gasteiger partial charge is 0.326 e. The third-order valence-electron chi connectivity index (χ3n) is 4.57. The summed E-state index contributed by atoms with van der Waals surface area (Å²) in [5.41, 5.74) is 1.07. The number of sulfonamides is 1. The fourth-order valence-electron chi connectivity index (χ4n) is 3.09. The lowest BCUT2D eigenvalue weighted by molar-refractivity contribution is -0.120. The Labute approximate surface area is 163 Å². The van der Waals surface area contributed by atoms with Crippen LogP contribution in [0.1, 0.15) is 18.4 Å². The molecule has 5 nitrogen and oxygen atoms in total. The minimum atomic E-state index is -3.45. The van der Waals surface area contributed by atoms with E-state index in [1.807, 2.05) is 0 Å². The number of hydrogen-bond acceptors (Lipinski definition) is 3. The molecule has 1 amide bonds. The second kappa shape index (κ2) is 8.37. The molecule has 1 heterocycles. The van der Waals surface area contributed by atoms with E-state index in [1.54, 1.807) is 30.3 Å². The van der Waals surface area contributed by atoms with Gasteiger partial charge in [0, 0.05) is 29.7 Å². The molecule has 8 heteroatoms. The number of rotatable bonds is 5. The van der Waals surface area contributed by atoms with Gasteiger partial charge in [0.1, 0.15) is 5.82 Å². The number of nitrogens with one attached hydrogen (secondary N) is 1. The molecule has 0 aliphatic carbocycles. The summed E-state index contributed by atoms with van der Waals surface area (Å²) in [6.45, 7) is 0.578. The van der Waals surface area contributed by atoms with Gasteiger partial charge in [-0.15, -0.1) is 0 Å². The van der Waals surface area contributed by atoms with Gasteiger partial charge in [-0.25, -0.2) is 17.1 Å². The number of halogens is 2. The lowest BCUT2D eigenvalue weighted by Gasteiger charge is -2.30. The Morgan fingerprint density at radius 2 is 1.81 bits per heavy atom. The van der Waals surface area contributed by atoms with Crippen molar-refractivity contribution in [1.29, 1.82) is 0 Å². The molecular weight excluding hydrogens is 391 g/mol. The van der Waals surface area contributed by atoms with E-state index in [9.17, 15) is 17.6 Å². The van der Waals surface area contributed by atoms with Crippen molar-refractivity contribution in [1.82, 2.24) is 4.31 Å². The first-order chi connectivity index (χ1) is 12.8. The van der Waals surface area contributed by atoms with Crippen molar-refractivity contribution in [2.75, 3.05) is 18.4 Å². The first-order valence-electron chi connectivity index (χ1n) is 8.62. The molecule has 0 aromatic heterocycles. The number of amides is 1. The second-order valence-electron chi connectivity index (χ2n) is 6.56. The highest BCUT2D eigenvalue weighted by atomic mass is 35.5. The number of piperidine rings is 1. The van der Waals surface area contributed by atoms with E-state index in [1.165, 1.54) is 22.5 Å². The minimum absolute atomic E-state index is 0.0929. The quantitative estimate of drug-likeness (QED) is 0.818. The van der Waals surface area contributed by atoms with Gasteiger partial charge < -0.3 is 5.32 Å². The molecule has 3 rings (SSSR count). The number of nitrogens with zero attached hydrogens (tertiary/aromatic N) is 1. The second-order valence-corrected chi connectivity index (χ2v) is 8.96. The molecule has 1 aliphatic rings. The number of benzene rings is 2. The van der Waals surface area contributed by atoms with Crippen molar-refractivity contribution in [3.05, 3.63) is 64.9 Å². The van der Waals surface area contributed by atoms with Gasteiger partial charge in [-0.2, -0.15) is 0 Å². The highest BCUT2D eigenvalue weighted by Gasteiger charge is 2.31. The molecule has 1 saturated heterocycles. The molecular formula is C19H20ClFN2O3S. The molecule has 0 unspecified atom stereocenters. The maximum atomic E-state index is 13.2. The Morgan fingerprint density at radius 1 is 1.15 bits per heavy atom. The van der Waals surface area contributed by atoms with Gasteiger partial charge in [0.15, 0.2) is 0 Å². The predicted molar refractivity (Wildman–Crippen MR) is 103 cm³/mol. The molecule has 2 aromatic rings. The van der Waals surface area contributed by atoms with E-state index < -0.39 is 15.8 Å². The number of carbonyl (C=O) groups excluding carboxylic acids is 1. The monoisotopic (exact) mass is 410 g/mol. The van der Waals surface area contributed by atoms with Crippen LogP contribution in [0.4, 0.5) is 10.1 Å². The van der Waals surface area contributed by atoms with Gasteiger partial charge >= 0.3 is 0 Å². The molecule has 1 aliphatic heterocycles. The number of hydrogen-bond donors (Lipinski definition) is 1. The van der Waals surface area contributed by atoms with E-state index >= 15 is 0 Å². The van der Waals surface area contributed by atoms with Gasteiger partial charge in [-0.05, 0) is 48.7 Å². The summed E-state index contributed by atoms with van der Waals surface area (Å²) in [6.07, 6.45) is 0.863. The van der Waals surface area contributed by atoms with Crippen LogP contribution in [0.5, 0.6) is 0 Å². The molecule has 0 radical (unpaired) electrons. The SMILES string of the molecule is O=C(Nc1cccc(F)c1)C1CCN(S(=O)(=O)Cc2ccc(Cl)cc2)CC1. The molecule has 27 heavy (non-hydrogen) atoms. The van der Waals surface area contributed by atoms with Crippen LogP contribution in [0.25, 0.3) is 0 Å². The summed E-state index contributed by atoms with van der Waals surface area (Å²) < 4.78 is 39.8. The predicted octanol–water partition coefficient (Wildman–Crippen LogP) is 3.66. The maximum absolute atomic E-state index is 13.2. The van der Waals surface area contributed by atoms with E-state index in [0.29, 0.717) is 29.1 Å². The lowest BCUT2D eigenvalue weighted by Crippen LogP contribution is -2.41. The molecule has 0 atom stereocenters. The minimum Gasteiger partial charge on any atom is -0.326 e. The third-order valence-corrected chi connectivity index (χ3v) is 6.67. The Balaban J connectivity index is 1.56. The summed E-state index contributed by atoms with van der Waals surface area (Å²) in [7, 11) is -3.45. The van der Waals surface area contributed by atoms with Crippen molar-refractivity contribution in [2.45, 2.75) is 18.6 Å². The standard InChI is InChI=1S/C19H20ClFN2O3S/c20-16-6-4-14(5-7-16)13-27(25,26)23-10-8-15(9-11-23)19(24)22-18-3-1-2-17(21)12-18/h1-7,12,15H,8-11,13H2,(H,22,24). The maximum Gasteiger partial charge on any atom is 0.227 e. The van der Waals surface area contributed by atoms with Crippen LogP contribution < -0.4 is 5.32 Å². The summed E-state index contributed by atoms with van der Waals surface area (Å²) >= 11 is 5.83. The zero-order valence-corrected chi connectivity index (χ0v) is 16.1. The number of carbonyl (C=O) groups is 1. The van der Waals surface area contributed by atoms with Gasteiger partial charge in [0.25, 0.3) is 0 Å². The highest BCUT2D eigenvalue weighted by Crippen LogP contribution is 2.23. The van der Waals surface area contributed by atoms with Crippen LogP contribution >= 0.6 is 11.6 Å². The first kappa shape index (κ1) is 19.8. The van der Waals surface area contributed by atoms with E-state index in [-0.39, 0.29) is 30.7 Å². The van der Waals surface area contributed by atoms with E-state index in [2.05, 4.69) is 5.32 Å². The molecule has 2 aromatic carbocycles. The lowest BCUT2D eigenvalue weighted by atomic mass is 9.97. The number of anilines is 1. The zero-order chi connectivity index (χ0) is 19.4. The fraction of sp³-hybridized carbons (Fsp3) is 0.316. The van der Waals surface area contributed by atoms with Crippen LogP contribution in [0.15, 0.2) is 48.5 Å². The van der Waals surface area contributed by atoms with Gasteiger partial charge in [-0.3, -0.25) is 4.79 Å². The van der Waals surface area contributed by atoms with Crippen molar-refractivity contribution in [2.24, 2.45) is 5.92 Å². The normalized spacial score (nSPS) is 16.2. The Hall–Kier alpha value is -1.96. The summed E-state index contributed by atoms with van der Waals surface area (Å²) in [5, 5.41) is 3.25. The Morgan fingerprint density at radius 3 is 2.44 bits per heavy atom. The average molecular weight is 411 g/mol. The summed E-state index contributed by atoms with van der Waals surface area (Å²) in [6, 6.07) is 12.4. The van der Waals surface area contributed by atoms with Crippen LogP contribution in [0.3, 0.4) is 0 Å². The Kier molecular flexibility index (Phi) is 6.14. The van der Waals surface area contributed by atoms with Gasteiger partial charge in [0.05, 0.1) is 5.75 Å². The molecule has 1 fully saturated rings. The smallest absolute Gasteiger partial charge is 0.227 e. The third kappa shape index (κ3) is 5.28. The molecule has 0 saturated carbocycles. The average Bonchev–Trinajstić information content (AvgIpc) is 2.63. The fourth-order valence-corrected chi connectivity index (χ4v) is 4.78. The van der Waals surface area contributed by atoms with Gasteiger partial charge in [0.2, 0.25) is 15.9 Å². The first-order valence-corrected chi connectivity index (χ1v) is 10.6. The van der Waals surface area contributed by atoms with Crippen molar-refractivity contribution in [3.8, 4) is 0 Å². The van der Waals surface area contributed by atoms with E-state index in [0.717, 1.165) is 0 Å². The van der Waals surface area contributed by atoms with Gasteiger partial charge in [-0.1, -0.05) is 29.8 Å². The van der Waals surface area contributed by atoms with E-state index in [4.69, 9.17) is 11.6 Å². The summed E-state index contributed by atoms with van der Waals surface area (Å²) in [4.78, 5) is 12.3. The van der Waals surface area contributed by atoms with Crippen LogP contribution in [0, 0.1) is 11.7 Å². The molecule has 0 bridgehead atoms. The summed E-state index contributed by atoms with van der Waals surface area (Å²) in [5.74, 6) is -1.02. The molecule has 144 valence electrons. The van der Waals surface area contributed by atoms with Crippen LogP contribution in [0.2, 0.25) is 5.02 Å². The van der Waals surface area contributed by atoms with Crippen molar-refractivity contribution >= 4 is 33.2 Å². The molecule has 1 N–H and O–H groups in total. The van der Waals surface area contributed by atoms with Crippen LogP contribution in [-0.4, -0.2) is 31.7 Å². The zero-order valence-electron chi connectivity index (χ0n) is 14.6. The highest BCUT2D eigenvalue weighted by molar-refractivity contribution is 7.88. The topological polar surface area (TPSA) is 66.5 Å².